The van der Waals surface area contributed by atoms with Gasteiger partial charge in [0.15, 0.2) is 11.5 Å². The van der Waals surface area contributed by atoms with E-state index in [2.05, 4.69) is 5.32 Å². The van der Waals surface area contributed by atoms with E-state index in [0.29, 0.717) is 30.2 Å². The monoisotopic (exact) mass is 618 g/mol. The number of benzene rings is 2. The lowest BCUT2D eigenvalue weighted by molar-refractivity contribution is -0.168. The van der Waals surface area contributed by atoms with Crippen LogP contribution in [0.2, 0.25) is 0 Å². The summed E-state index contributed by atoms with van der Waals surface area (Å²) in [5.41, 5.74) is 0.551. The van der Waals surface area contributed by atoms with Gasteiger partial charge in [-0.25, -0.2) is 18.4 Å². The molecule has 0 saturated carbocycles. The number of methoxy groups -OCH3 is 2. The number of ether oxygens (including phenoxy) is 4. The van der Waals surface area contributed by atoms with E-state index >= 15 is 0 Å². The molecule has 0 bridgehead atoms. The highest BCUT2D eigenvalue weighted by atomic mass is 32.2. The number of anilines is 1. The van der Waals surface area contributed by atoms with E-state index in [1.54, 1.807) is 46.0 Å². The van der Waals surface area contributed by atoms with Gasteiger partial charge in [-0.15, -0.1) is 0 Å². The van der Waals surface area contributed by atoms with Gasteiger partial charge in [0, 0.05) is 18.8 Å². The number of morpholine rings is 1. The lowest BCUT2D eigenvalue weighted by Gasteiger charge is -2.40. The molecule has 2 heterocycles. The number of fused-ring (bicyclic) bond motifs is 1. The summed E-state index contributed by atoms with van der Waals surface area (Å²) in [4.78, 5) is 42.6. The zero-order valence-corrected chi connectivity index (χ0v) is 25.7. The Hall–Kier alpha value is -3.88. The summed E-state index contributed by atoms with van der Waals surface area (Å²) in [5.74, 6) is 0.284. The van der Waals surface area contributed by atoms with E-state index in [0.717, 1.165) is 5.56 Å². The molecule has 0 radical (unpaired) electrons. The molecule has 3 atom stereocenters. The highest BCUT2D eigenvalue weighted by molar-refractivity contribution is 7.89. The predicted octanol–water partition coefficient (Wildman–Crippen LogP) is 2.14. The zero-order valence-electron chi connectivity index (χ0n) is 24.9. The molecular weight excluding hydrogens is 580 g/mol. The van der Waals surface area contributed by atoms with E-state index in [1.165, 1.54) is 29.2 Å². The van der Waals surface area contributed by atoms with Gasteiger partial charge in [0.2, 0.25) is 15.9 Å². The van der Waals surface area contributed by atoms with Crippen LogP contribution in [0.4, 0.5) is 10.5 Å². The summed E-state index contributed by atoms with van der Waals surface area (Å²) in [6.07, 6.45) is -1.92. The summed E-state index contributed by atoms with van der Waals surface area (Å²) < 4.78 is 45.4. The second kappa shape index (κ2) is 12.8. The number of primary sulfonamides is 1. The second-order valence-corrected chi connectivity index (χ2v) is 13.0. The largest absolute Gasteiger partial charge is 0.493 e. The third kappa shape index (κ3) is 7.94. The molecule has 43 heavy (non-hydrogen) atoms. The van der Waals surface area contributed by atoms with Gasteiger partial charge in [0.05, 0.1) is 44.2 Å². The number of amides is 3. The van der Waals surface area contributed by atoms with E-state index in [-0.39, 0.29) is 30.3 Å². The summed E-state index contributed by atoms with van der Waals surface area (Å²) in [7, 11) is -0.780. The molecule has 234 valence electrons. The van der Waals surface area contributed by atoms with E-state index < -0.39 is 45.9 Å². The van der Waals surface area contributed by atoms with Crippen molar-refractivity contribution in [1.82, 2.24) is 9.80 Å². The number of nitrogens with one attached hydrogen (secondary N) is 1. The van der Waals surface area contributed by atoms with Crippen LogP contribution in [0.25, 0.3) is 0 Å². The van der Waals surface area contributed by atoms with Crippen LogP contribution in [-0.4, -0.2) is 93.8 Å². The summed E-state index contributed by atoms with van der Waals surface area (Å²) in [5, 5.41) is 7.79. The average Bonchev–Trinajstić information content (AvgIpc) is 3.36. The third-order valence-electron chi connectivity index (χ3n) is 7.11. The summed E-state index contributed by atoms with van der Waals surface area (Å²) in [6, 6.07) is 10.5. The molecule has 2 saturated heterocycles. The second-order valence-electron chi connectivity index (χ2n) is 11.4. The van der Waals surface area contributed by atoms with Gasteiger partial charge in [0.1, 0.15) is 11.7 Å². The van der Waals surface area contributed by atoms with Crippen molar-refractivity contribution in [2.45, 2.75) is 62.4 Å². The quantitative estimate of drug-likeness (QED) is 0.428. The highest BCUT2D eigenvalue weighted by Gasteiger charge is 2.49. The fourth-order valence-electron chi connectivity index (χ4n) is 5.09. The first-order valence-electron chi connectivity index (χ1n) is 13.8. The first-order valence-corrected chi connectivity index (χ1v) is 15.3. The molecule has 0 spiro atoms. The van der Waals surface area contributed by atoms with E-state index in [1.807, 2.05) is 12.1 Å². The standard InChI is InChI=1S/C29H38N4O9S/c1-29(2,3)42-28(36)32-16-21-25(17-32)41-24(15-26(34)31-19-7-9-20(10-8-19)43(30,37)38)27(35)33(21)13-12-18-6-11-22(39-4)23(14-18)40-5/h6-11,14,21,24-25H,12-13,15-17H2,1-5H3,(H,31,34)(H2,30,37,38). The van der Waals surface area contributed by atoms with Crippen molar-refractivity contribution in [2.24, 2.45) is 5.14 Å². The maximum atomic E-state index is 13.7. The minimum atomic E-state index is -3.88. The van der Waals surface area contributed by atoms with Gasteiger partial charge in [-0.3, -0.25) is 9.59 Å². The number of rotatable bonds is 9. The van der Waals surface area contributed by atoms with Crippen molar-refractivity contribution in [3.8, 4) is 11.5 Å². The fourth-order valence-corrected chi connectivity index (χ4v) is 5.60. The minimum absolute atomic E-state index is 0.0942. The number of nitrogens with zero attached hydrogens (tertiary/aromatic N) is 2. The van der Waals surface area contributed by atoms with Crippen LogP contribution in [0.1, 0.15) is 32.8 Å². The first kappa shape index (κ1) is 32.0. The Morgan fingerprint density at radius 2 is 1.72 bits per heavy atom. The lowest BCUT2D eigenvalue weighted by Crippen LogP contribution is -2.59. The Morgan fingerprint density at radius 1 is 1.05 bits per heavy atom. The molecule has 2 aromatic carbocycles. The van der Waals surface area contributed by atoms with Crippen molar-refractivity contribution in [1.29, 1.82) is 0 Å². The number of carbonyl (C=O) groups is 3. The van der Waals surface area contributed by atoms with E-state index in [4.69, 9.17) is 24.1 Å². The Labute approximate surface area is 251 Å². The minimum Gasteiger partial charge on any atom is -0.493 e. The predicted molar refractivity (Wildman–Crippen MR) is 156 cm³/mol. The van der Waals surface area contributed by atoms with Crippen LogP contribution in [0, 0.1) is 0 Å². The SMILES string of the molecule is COc1ccc(CCN2C(=O)C(CC(=O)Nc3ccc(S(N)(=O)=O)cc3)OC3CN(C(=O)OC(C)(C)C)CC32)cc1OC. The van der Waals surface area contributed by atoms with Gasteiger partial charge < -0.3 is 34.1 Å². The van der Waals surface area contributed by atoms with Crippen molar-refractivity contribution >= 4 is 33.6 Å². The van der Waals surface area contributed by atoms with Gasteiger partial charge >= 0.3 is 6.09 Å². The Bertz CT molecular complexity index is 1460. The van der Waals surface area contributed by atoms with Crippen LogP contribution in [0.15, 0.2) is 47.4 Å². The maximum Gasteiger partial charge on any atom is 0.410 e. The molecule has 2 aliphatic heterocycles. The van der Waals surface area contributed by atoms with Crippen molar-refractivity contribution < 1.29 is 41.7 Å². The molecule has 14 heteroatoms. The molecule has 13 nitrogen and oxygen atoms in total. The average molecular weight is 619 g/mol. The smallest absolute Gasteiger partial charge is 0.410 e. The molecule has 0 aliphatic carbocycles. The zero-order chi connectivity index (χ0) is 31.5. The van der Waals surface area contributed by atoms with Crippen LogP contribution in [0.5, 0.6) is 11.5 Å². The maximum absolute atomic E-state index is 13.7. The van der Waals surface area contributed by atoms with Gasteiger partial charge in [-0.05, 0) is 69.2 Å². The van der Waals surface area contributed by atoms with Crippen molar-refractivity contribution in [3.63, 3.8) is 0 Å². The summed E-state index contributed by atoms with van der Waals surface area (Å²) >= 11 is 0. The Balaban J connectivity index is 1.50. The number of hydrogen-bond donors (Lipinski definition) is 2. The molecule has 4 rings (SSSR count). The van der Waals surface area contributed by atoms with Crippen LogP contribution < -0.4 is 19.9 Å². The number of likely N-dealkylation sites (tertiary alicyclic amines) is 1. The molecular formula is C29H38N4O9S. The van der Waals surface area contributed by atoms with E-state index in [9.17, 15) is 22.8 Å². The van der Waals surface area contributed by atoms with Crippen LogP contribution in [-0.2, 0) is 35.5 Å². The normalized spacial score (nSPS) is 20.4. The van der Waals surface area contributed by atoms with Crippen molar-refractivity contribution in [2.75, 3.05) is 39.2 Å². The first-order chi connectivity index (χ1) is 20.2. The third-order valence-corrected chi connectivity index (χ3v) is 8.04. The Morgan fingerprint density at radius 3 is 2.33 bits per heavy atom. The number of sulfonamides is 1. The number of carbonyl (C=O) groups excluding carboxylic acids is 3. The molecule has 2 aromatic rings. The molecule has 2 aliphatic rings. The number of nitrogens with two attached hydrogens (primary N) is 1. The molecule has 3 unspecified atom stereocenters. The van der Waals surface area contributed by atoms with Crippen LogP contribution in [0.3, 0.4) is 0 Å². The van der Waals surface area contributed by atoms with Gasteiger partial charge in [0.25, 0.3) is 5.91 Å². The van der Waals surface area contributed by atoms with Gasteiger partial charge in [-0.2, -0.15) is 0 Å². The molecule has 2 fully saturated rings. The highest BCUT2D eigenvalue weighted by Crippen LogP contribution is 2.31. The topological polar surface area (TPSA) is 167 Å². The number of hydrogen-bond acceptors (Lipinski definition) is 9. The molecule has 0 aromatic heterocycles. The van der Waals surface area contributed by atoms with Gasteiger partial charge in [-0.1, -0.05) is 6.07 Å². The molecule has 3 amide bonds. The van der Waals surface area contributed by atoms with Crippen molar-refractivity contribution in [3.05, 3.63) is 48.0 Å². The Kier molecular flexibility index (Phi) is 9.52. The lowest BCUT2D eigenvalue weighted by atomic mass is 10.0. The fraction of sp³-hybridized carbons (Fsp3) is 0.483. The molecule has 3 N–H and O–H groups in total. The van der Waals surface area contributed by atoms with Crippen LogP contribution >= 0.6 is 0 Å². The summed E-state index contributed by atoms with van der Waals surface area (Å²) in [6.45, 7) is 6.08.